The SMILES string of the molecule is CCCCc1ccc(NC2=C(Sc3nc(C)cc(C)n3)C(=O)N(Cc3ccc(Cl)cc3)C2=O)cc1. The quantitative estimate of drug-likeness (QED) is 0.280. The van der Waals surface area contributed by atoms with E-state index in [4.69, 9.17) is 11.6 Å². The number of aryl methyl sites for hydroxylation is 3. The van der Waals surface area contributed by atoms with Crippen LogP contribution in [0.3, 0.4) is 0 Å². The Morgan fingerprint density at radius 3 is 2.17 bits per heavy atom. The smallest absolute Gasteiger partial charge is 0.278 e. The summed E-state index contributed by atoms with van der Waals surface area (Å²) in [6, 6.07) is 16.9. The Labute approximate surface area is 214 Å². The predicted molar refractivity (Wildman–Crippen MR) is 140 cm³/mol. The minimum atomic E-state index is -0.383. The first-order valence-electron chi connectivity index (χ1n) is 11.5. The van der Waals surface area contributed by atoms with Gasteiger partial charge in [-0.3, -0.25) is 14.5 Å². The number of nitrogens with one attached hydrogen (secondary N) is 1. The van der Waals surface area contributed by atoms with Gasteiger partial charge in [-0.2, -0.15) is 0 Å². The Hall–Kier alpha value is -3.16. The van der Waals surface area contributed by atoms with Crippen molar-refractivity contribution in [2.75, 3.05) is 5.32 Å². The van der Waals surface area contributed by atoms with Crippen molar-refractivity contribution in [3.8, 4) is 0 Å². The molecule has 0 atom stereocenters. The third kappa shape index (κ3) is 6.10. The van der Waals surface area contributed by atoms with Crippen LogP contribution in [0.1, 0.15) is 42.3 Å². The minimum absolute atomic E-state index is 0.147. The number of rotatable bonds is 9. The van der Waals surface area contributed by atoms with Crippen molar-refractivity contribution in [2.24, 2.45) is 0 Å². The van der Waals surface area contributed by atoms with Crippen LogP contribution in [0.4, 0.5) is 5.69 Å². The number of carbonyl (C=O) groups excluding carboxylic acids is 2. The Kier molecular flexibility index (Phi) is 7.88. The molecule has 35 heavy (non-hydrogen) atoms. The average molecular weight is 507 g/mol. The number of aromatic nitrogens is 2. The molecular weight excluding hydrogens is 480 g/mol. The second-order valence-corrected chi connectivity index (χ2v) is 9.90. The monoisotopic (exact) mass is 506 g/mol. The number of carbonyl (C=O) groups is 2. The van der Waals surface area contributed by atoms with Crippen LogP contribution in [0.2, 0.25) is 5.02 Å². The van der Waals surface area contributed by atoms with Crippen LogP contribution in [0.5, 0.6) is 0 Å². The van der Waals surface area contributed by atoms with E-state index in [1.54, 1.807) is 12.1 Å². The molecule has 0 unspecified atom stereocenters. The lowest BCUT2D eigenvalue weighted by molar-refractivity contribution is -0.137. The van der Waals surface area contributed by atoms with Gasteiger partial charge >= 0.3 is 0 Å². The van der Waals surface area contributed by atoms with Crippen molar-refractivity contribution in [1.82, 2.24) is 14.9 Å². The highest BCUT2D eigenvalue weighted by molar-refractivity contribution is 8.04. The highest BCUT2D eigenvalue weighted by atomic mass is 35.5. The van der Waals surface area contributed by atoms with E-state index < -0.39 is 0 Å². The number of hydrogen-bond acceptors (Lipinski definition) is 6. The third-order valence-corrected chi connectivity index (χ3v) is 6.78. The van der Waals surface area contributed by atoms with Gasteiger partial charge in [0.1, 0.15) is 10.6 Å². The van der Waals surface area contributed by atoms with Crippen molar-refractivity contribution >= 4 is 40.9 Å². The number of halogens is 1. The number of anilines is 1. The molecule has 1 aromatic heterocycles. The summed E-state index contributed by atoms with van der Waals surface area (Å²) < 4.78 is 0. The Morgan fingerprint density at radius 2 is 1.54 bits per heavy atom. The molecule has 1 aliphatic heterocycles. The second-order valence-electron chi connectivity index (χ2n) is 8.49. The summed E-state index contributed by atoms with van der Waals surface area (Å²) in [4.78, 5) is 37.3. The molecule has 2 aromatic carbocycles. The lowest BCUT2D eigenvalue weighted by Gasteiger charge is -2.15. The molecule has 4 rings (SSSR count). The number of hydrogen-bond donors (Lipinski definition) is 1. The van der Waals surface area contributed by atoms with Gasteiger partial charge in [0.15, 0.2) is 5.16 Å². The molecule has 1 N–H and O–H groups in total. The van der Waals surface area contributed by atoms with Gasteiger partial charge < -0.3 is 5.32 Å². The van der Waals surface area contributed by atoms with Gasteiger partial charge in [0.2, 0.25) is 0 Å². The first kappa shape index (κ1) is 24.9. The maximum atomic E-state index is 13.4. The first-order chi connectivity index (χ1) is 16.8. The molecule has 8 heteroatoms. The summed E-state index contributed by atoms with van der Waals surface area (Å²) in [6.45, 7) is 6.06. The molecule has 0 saturated heterocycles. The number of nitrogens with zero attached hydrogens (tertiary/aromatic N) is 3. The summed E-state index contributed by atoms with van der Waals surface area (Å²) in [5.41, 5.74) is 4.62. The van der Waals surface area contributed by atoms with E-state index in [0.29, 0.717) is 10.2 Å². The van der Waals surface area contributed by atoms with Crippen LogP contribution in [-0.4, -0.2) is 26.7 Å². The minimum Gasteiger partial charge on any atom is -0.350 e. The first-order valence-corrected chi connectivity index (χ1v) is 12.7. The number of thioether (sulfide) groups is 1. The van der Waals surface area contributed by atoms with Crippen LogP contribution < -0.4 is 5.32 Å². The molecule has 0 spiro atoms. The molecule has 3 aromatic rings. The summed E-state index contributed by atoms with van der Waals surface area (Å²) in [6.07, 6.45) is 3.27. The van der Waals surface area contributed by atoms with Gasteiger partial charge in [0.25, 0.3) is 11.8 Å². The second kappa shape index (κ2) is 11.1. The number of imide groups is 1. The van der Waals surface area contributed by atoms with Gasteiger partial charge in [-0.25, -0.2) is 9.97 Å². The van der Waals surface area contributed by atoms with E-state index in [9.17, 15) is 9.59 Å². The van der Waals surface area contributed by atoms with Gasteiger partial charge in [0.05, 0.1) is 6.54 Å². The summed E-state index contributed by atoms with van der Waals surface area (Å²) in [5.74, 6) is -0.758. The summed E-state index contributed by atoms with van der Waals surface area (Å²) >= 11 is 7.11. The van der Waals surface area contributed by atoms with E-state index in [-0.39, 0.29) is 29.0 Å². The molecule has 2 amide bonds. The molecule has 0 saturated carbocycles. The number of unbranched alkanes of at least 4 members (excludes halogenated alkanes) is 1. The highest BCUT2D eigenvalue weighted by Gasteiger charge is 2.39. The number of amides is 2. The summed E-state index contributed by atoms with van der Waals surface area (Å²) in [7, 11) is 0. The normalized spacial score (nSPS) is 13.7. The van der Waals surface area contributed by atoms with Crippen molar-refractivity contribution in [1.29, 1.82) is 0 Å². The topological polar surface area (TPSA) is 75.2 Å². The third-order valence-electron chi connectivity index (χ3n) is 5.58. The van der Waals surface area contributed by atoms with Gasteiger partial charge in [-0.05, 0) is 79.9 Å². The van der Waals surface area contributed by atoms with E-state index in [1.165, 1.54) is 10.5 Å². The van der Waals surface area contributed by atoms with Crippen molar-refractivity contribution in [3.05, 3.63) is 92.7 Å². The largest absolute Gasteiger partial charge is 0.350 e. The predicted octanol–water partition coefficient (Wildman–Crippen LogP) is 6.07. The fourth-order valence-electron chi connectivity index (χ4n) is 3.79. The molecule has 180 valence electrons. The fourth-order valence-corrected chi connectivity index (χ4v) is 4.91. The van der Waals surface area contributed by atoms with Crippen LogP contribution in [-0.2, 0) is 22.6 Å². The summed E-state index contributed by atoms with van der Waals surface area (Å²) in [5, 5.41) is 4.23. The lowest BCUT2D eigenvalue weighted by Crippen LogP contribution is -2.31. The van der Waals surface area contributed by atoms with Crippen LogP contribution >= 0.6 is 23.4 Å². The van der Waals surface area contributed by atoms with Gasteiger partial charge in [0, 0.05) is 22.1 Å². The maximum Gasteiger partial charge on any atom is 0.278 e. The Balaban J connectivity index is 1.64. The van der Waals surface area contributed by atoms with Gasteiger partial charge in [-0.15, -0.1) is 0 Å². The van der Waals surface area contributed by atoms with Crippen molar-refractivity contribution < 1.29 is 9.59 Å². The maximum absolute atomic E-state index is 13.4. The van der Waals surface area contributed by atoms with Gasteiger partial charge in [-0.1, -0.05) is 49.2 Å². The Morgan fingerprint density at radius 1 is 0.914 bits per heavy atom. The zero-order chi connectivity index (χ0) is 24.9. The zero-order valence-corrected chi connectivity index (χ0v) is 21.5. The molecular formula is C27H27ClN4O2S. The standard InChI is InChI=1S/C27H27ClN4O2S/c1-4-5-6-19-9-13-22(14-10-19)31-23-24(35-27-29-17(2)15-18(3)30-27)26(34)32(25(23)33)16-20-7-11-21(28)12-8-20/h7-15,31H,4-6,16H2,1-3H3. The molecule has 1 aliphatic rings. The molecule has 0 radical (unpaired) electrons. The molecule has 0 bridgehead atoms. The van der Waals surface area contributed by atoms with E-state index in [0.717, 1.165) is 53.7 Å². The van der Waals surface area contributed by atoms with E-state index in [1.807, 2.05) is 56.3 Å². The Bertz CT molecular complexity index is 1250. The van der Waals surface area contributed by atoms with Crippen molar-refractivity contribution in [2.45, 2.75) is 51.7 Å². The fraction of sp³-hybridized carbons (Fsp3) is 0.259. The average Bonchev–Trinajstić information content (AvgIpc) is 3.03. The van der Waals surface area contributed by atoms with Crippen LogP contribution in [0.25, 0.3) is 0 Å². The number of benzene rings is 2. The zero-order valence-electron chi connectivity index (χ0n) is 20.0. The van der Waals surface area contributed by atoms with E-state index >= 15 is 0 Å². The highest BCUT2D eigenvalue weighted by Crippen LogP contribution is 2.35. The lowest BCUT2D eigenvalue weighted by atomic mass is 10.1. The molecule has 6 nitrogen and oxygen atoms in total. The van der Waals surface area contributed by atoms with Crippen molar-refractivity contribution in [3.63, 3.8) is 0 Å². The molecule has 0 aliphatic carbocycles. The van der Waals surface area contributed by atoms with Crippen LogP contribution in [0.15, 0.2) is 70.4 Å². The molecule has 0 fully saturated rings. The van der Waals surface area contributed by atoms with Crippen LogP contribution in [0, 0.1) is 13.8 Å². The molecule has 2 heterocycles. The van der Waals surface area contributed by atoms with E-state index in [2.05, 4.69) is 22.2 Å².